The number of hydrogen-bond donors (Lipinski definition) is 5. The minimum absolute atomic E-state index is 0.100. The first kappa shape index (κ1) is 27.3. The van der Waals surface area contributed by atoms with Gasteiger partial charge in [0.05, 0.1) is 18.8 Å². The topological polar surface area (TPSA) is 151 Å². The van der Waals surface area contributed by atoms with Gasteiger partial charge in [0.1, 0.15) is 0 Å². The molecule has 1 aromatic rings. The average Bonchev–Trinajstić information content (AvgIpc) is 3.21. The molecule has 2 unspecified atom stereocenters. The number of hydrazine groups is 1. The van der Waals surface area contributed by atoms with E-state index in [-0.39, 0.29) is 30.1 Å². The summed E-state index contributed by atoms with van der Waals surface area (Å²) in [5.41, 5.74) is 0.932. The maximum absolute atomic E-state index is 12.0. The van der Waals surface area contributed by atoms with E-state index >= 15 is 0 Å². The van der Waals surface area contributed by atoms with Crippen LogP contribution in [0.5, 0.6) is 0 Å². The number of amides is 2. The van der Waals surface area contributed by atoms with Crippen LogP contribution in [-0.4, -0.2) is 66.4 Å². The van der Waals surface area contributed by atoms with Gasteiger partial charge in [0, 0.05) is 37.7 Å². The van der Waals surface area contributed by atoms with E-state index in [0.717, 1.165) is 38.0 Å². The monoisotopic (exact) mass is 458 g/mol. The van der Waals surface area contributed by atoms with E-state index in [1.54, 1.807) is 29.2 Å². The molecule has 2 aliphatic rings. The Hall–Kier alpha value is -1.75. The second-order valence-corrected chi connectivity index (χ2v) is 8.39. The molecule has 7 N–H and O–H groups in total. The molecule has 2 aliphatic heterocycles. The van der Waals surface area contributed by atoms with Gasteiger partial charge in [-0.3, -0.25) is 21.3 Å². The Bertz CT molecular complexity index is 656. The third-order valence-corrected chi connectivity index (χ3v) is 5.77. The first-order valence-electron chi connectivity index (χ1n) is 10.3. The van der Waals surface area contributed by atoms with Crippen LogP contribution in [0.2, 0.25) is 5.02 Å². The molecule has 0 bridgehead atoms. The number of likely N-dealkylation sites (tertiary alicyclic amines) is 1. The summed E-state index contributed by atoms with van der Waals surface area (Å²) in [4.78, 5) is 24.0. The average molecular weight is 459 g/mol. The maximum Gasteiger partial charge on any atom is 0.223 e. The summed E-state index contributed by atoms with van der Waals surface area (Å²) in [5, 5.41) is 21.5. The van der Waals surface area contributed by atoms with Crippen molar-refractivity contribution in [3.05, 3.63) is 34.9 Å². The quantitative estimate of drug-likeness (QED) is 0.239. The number of halogens is 1. The van der Waals surface area contributed by atoms with Crippen molar-refractivity contribution < 1.29 is 24.5 Å². The summed E-state index contributed by atoms with van der Waals surface area (Å²) in [7, 11) is 0. The Labute approximate surface area is 188 Å². The number of rotatable bonds is 6. The SMILES string of the molecule is CC1(CC(=O)N2CCC(O)C2)CCOCC1.NN.O=CNC(CO)c1ccc(Cl)cc1. The maximum atomic E-state index is 12.0. The van der Waals surface area contributed by atoms with Crippen LogP contribution in [0, 0.1) is 5.41 Å². The van der Waals surface area contributed by atoms with Crippen LogP contribution >= 0.6 is 11.6 Å². The number of benzene rings is 1. The largest absolute Gasteiger partial charge is 0.394 e. The molecule has 9 nitrogen and oxygen atoms in total. The van der Waals surface area contributed by atoms with Crippen molar-refractivity contribution in [3.8, 4) is 0 Å². The lowest BCUT2D eigenvalue weighted by Gasteiger charge is -2.34. The Balaban J connectivity index is 0.000000293. The lowest BCUT2D eigenvalue weighted by Crippen LogP contribution is -2.36. The van der Waals surface area contributed by atoms with Crippen LogP contribution in [0.1, 0.15) is 44.2 Å². The summed E-state index contributed by atoms with van der Waals surface area (Å²) in [6.07, 6.45) is 3.51. The van der Waals surface area contributed by atoms with Gasteiger partial charge in [-0.2, -0.15) is 0 Å². The summed E-state index contributed by atoms with van der Waals surface area (Å²) in [5.74, 6) is 8.20. The third kappa shape index (κ3) is 9.51. The molecule has 2 fully saturated rings. The lowest BCUT2D eigenvalue weighted by molar-refractivity contribution is -0.134. The summed E-state index contributed by atoms with van der Waals surface area (Å²) in [6.45, 7) is 4.82. The van der Waals surface area contributed by atoms with Crippen molar-refractivity contribution >= 4 is 23.9 Å². The van der Waals surface area contributed by atoms with E-state index in [2.05, 4.69) is 23.9 Å². The smallest absolute Gasteiger partial charge is 0.223 e. The summed E-state index contributed by atoms with van der Waals surface area (Å²) >= 11 is 5.68. The normalized spacial score (nSPS) is 20.5. The standard InChI is InChI=1S/C12H21NO3.C9H10ClNO2.H4N2/c1-12(3-6-16-7-4-12)8-11(15)13-5-2-10(14)9-13;10-8-3-1-7(2-4-8)9(5-12)11-6-13;1-2/h10,14H,2-9H2,1H3;1-4,6,9,12H,5H2,(H,11,13);1-2H2. The highest BCUT2D eigenvalue weighted by atomic mass is 35.5. The fourth-order valence-corrected chi connectivity index (χ4v) is 3.64. The number of β-amino-alcohol motifs (C(OH)–C–C–N with tert-alkyl or cyclic N) is 1. The van der Waals surface area contributed by atoms with Crippen LogP contribution in [0.4, 0.5) is 0 Å². The van der Waals surface area contributed by atoms with Crippen molar-refractivity contribution in [2.75, 3.05) is 32.9 Å². The molecule has 31 heavy (non-hydrogen) atoms. The lowest BCUT2D eigenvalue weighted by atomic mass is 9.79. The van der Waals surface area contributed by atoms with Crippen LogP contribution in [0.15, 0.2) is 24.3 Å². The number of nitrogens with zero attached hydrogens (tertiary/aromatic N) is 1. The molecule has 0 radical (unpaired) electrons. The Morgan fingerprint density at radius 2 is 1.97 bits per heavy atom. The van der Waals surface area contributed by atoms with Crippen molar-refractivity contribution in [3.63, 3.8) is 0 Å². The van der Waals surface area contributed by atoms with Crippen molar-refractivity contribution in [1.29, 1.82) is 0 Å². The number of aliphatic hydroxyl groups excluding tert-OH is 2. The number of carbonyl (C=O) groups is 2. The fourth-order valence-electron chi connectivity index (χ4n) is 3.52. The Kier molecular flexibility index (Phi) is 12.6. The first-order chi connectivity index (χ1) is 14.9. The number of ether oxygens (including phenoxy) is 1. The molecule has 0 aromatic heterocycles. The van der Waals surface area contributed by atoms with Crippen molar-refractivity contribution in [2.45, 2.75) is 44.8 Å². The van der Waals surface area contributed by atoms with Crippen LogP contribution in [0.25, 0.3) is 0 Å². The van der Waals surface area contributed by atoms with Crippen molar-refractivity contribution in [2.24, 2.45) is 17.1 Å². The predicted octanol–water partition coefficient (Wildman–Crippen LogP) is 0.725. The highest BCUT2D eigenvalue weighted by Gasteiger charge is 2.33. The molecule has 10 heteroatoms. The molecule has 1 aromatic carbocycles. The van der Waals surface area contributed by atoms with Gasteiger partial charge in [-0.1, -0.05) is 30.7 Å². The van der Waals surface area contributed by atoms with Gasteiger partial charge in [0.15, 0.2) is 0 Å². The third-order valence-electron chi connectivity index (χ3n) is 5.52. The summed E-state index contributed by atoms with van der Waals surface area (Å²) in [6, 6.07) is 6.60. The van der Waals surface area contributed by atoms with Gasteiger partial charge >= 0.3 is 0 Å². The van der Waals surface area contributed by atoms with Crippen LogP contribution in [-0.2, 0) is 14.3 Å². The van der Waals surface area contributed by atoms with Crippen LogP contribution in [0.3, 0.4) is 0 Å². The molecule has 2 saturated heterocycles. The number of hydrogen-bond acceptors (Lipinski definition) is 7. The van der Waals surface area contributed by atoms with E-state index < -0.39 is 0 Å². The zero-order valence-electron chi connectivity index (χ0n) is 18.0. The van der Waals surface area contributed by atoms with E-state index in [0.29, 0.717) is 30.9 Å². The molecule has 176 valence electrons. The van der Waals surface area contributed by atoms with E-state index in [1.807, 2.05) is 0 Å². The van der Waals surface area contributed by atoms with Crippen molar-refractivity contribution in [1.82, 2.24) is 10.2 Å². The minimum atomic E-state index is -0.352. The highest BCUT2D eigenvalue weighted by Crippen LogP contribution is 2.34. The van der Waals surface area contributed by atoms with Gasteiger partial charge in [-0.05, 0) is 42.4 Å². The zero-order valence-corrected chi connectivity index (χ0v) is 18.8. The molecule has 0 spiro atoms. The van der Waals surface area contributed by atoms with Gasteiger partial charge in [0.25, 0.3) is 0 Å². The Morgan fingerprint density at radius 1 is 1.35 bits per heavy atom. The fraction of sp³-hybridized carbons (Fsp3) is 0.619. The molecular formula is C21H35ClN4O5. The molecule has 0 aliphatic carbocycles. The second kappa shape index (κ2) is 14.3. The number of nitrogens with two attached hydrogens (primary N) is 2. The zero-order chi connectivity index (χ0) is 23.3. The van der Waals surface area contributed by atoms with Gasteiger partial charge in [0.2, 0.25) is 12.3 Å². The predicted molar refractivity (Wildman–Crippen MR) is 119 cm³/mol. The van der Waals surface area contributed by atoms with E-state index in [9.17, 15) is 14.7 Å². The van der Waals surface area contributed by atoms with Gasteiger partial charge in [-0.15, -0.1) is 0 Å². The van der Waals surface area contributed by atoms with E-state index in [4.69, 9.17) is 21.4 Å². The van der Waals surface area contributed by atoms with Crippen LogP contribution < -0.4 is 17.0 Å². The molecule has 0 saturated carbocycles. The molecule has 2 heterocycles. The first-order valence-corrected chi connectivity index (χ1v) is 10.7. The number of aliphatic hydroxyl groups is 2. The molecule has 2 atom stereocenters. The van der Waals surface area contributed by atoms with Gasteiger partial charge in [-0.25, -0.2) is 0 Å². The second-order valence-electron chi connectivity index (χ2n) is 7.95. The van der Waals surface area contributed by atoms with Gasteiger partial charge < -0.3 is 25.2 Å². The molecule has 3 rings (SSSR count). The molecule has 2 amide bonds. The molecular weight excluding hydrogens is 424 g/mol. The Morgan fingerprint density at radius 3 is 2.45 bits per heavy atom. The summed E-state index contributed by atoms with van der Waals surface area (Å²) < 4.78 is 5.32. The highest BCUT2D eigenvalue weighted by molar-refractivity contribution is 6.30. The minimum Gasteiger partial charge on any atom is -0.394 e. The number of nitrogens with one attached hydrogen (secondary N) is 1. The van der Waals surface area contributed by atoms with E-state index in [1.165, 1.54) is 0 Å². The number of carbonyl (C=O) groups excluding carboxylic acids is 2.